The molecule has 0 heterocycles. The normalized spacial score (nSPS) is 12.1. The highest BCUT2D eigenvalue weighted by Crippen LogP contribution is 2.21. The van der Waals surface area contributed by atoms with Crippen LogP contribution >= 0.6 is 0 Å². The first-order valence-corrected chi connectivity index (χ1v) is 6.71. The van der Waals surface area contributed by atoms with Crippen molar-refractivity contribution in [2.45, 2.75) is 32.7 Å². The number of rotatable bonds is 5. The lowest BCUT2D eigenvalue weighted by atomic mass is 10.1. The smallest absolute Gasteiger partial charge is 0.0342 e. The van der Waals surface area contributed by atoms with Gasteiger partial charge in [-0.15, -0.1) is 0 Å². The largest absolute Gasteiger partial charge is 0.383 e. The number of hydrogen-bond acceptors (Lipinski definition) is 1. The molecule has 0 fully saturated rings. The van der Waals surface area contributed by atoms with Crippen LogP contribution < -0.4 is 5.32 Å². The van der Waals surface area contributed by atoms with E-state index >= 15 is 0 Å². The molecule has 1 N–H and O–H groups in total. The van der Waals surface area contributed by atoms with Crippen LogP contribution in [0.5, 0.6) is 0 Å². The zero-order chi connectivity index (χ0) is 12.8. The number of hydrogen-bond donors (Lipinski definition) is 1. The van der Waals surface area contributed by atoms with E-state index in [9.17, 15) is 0 Å². The second-order valence-electron chi connectivity index (χ2n) is 4.78. The number of nitrogens with one attached hydrogen (secondary N) is 1. The monoisotopic (exact) mass is 239 g/mol. The minimum Gasteiger partial charge on any atom is -0.383 e. The van der Waals surface area contributed by atoms with Gasteiger partial charge in [0.2, 0.25) is 0 Å². The summed E-state index contributed by atoms with van der Waals surface area (Å²) >= 11 is 0. The van der Waals surface area contributed by atoms with Gasteiger partial charge >= 0.3 is 0 Å². The lowest BCUT2D eigenvalue weighted by Crippen LogP contribution is -2.14. The number of benzene rings is 2. The minimum atomic E-state index is 0.539. The predicted octanol–water partition coefficient (Wildman–Crippen LogP) is 4.95. The van der Waals surface area contributed by atoms with E-state index in [4.69, 9.17) is 0 Å². The van der Waals surface area contributed by atoms with Gasteiger partial charge in [0, 0.05) is 11.7 Å². The molecule has 18 heavy (non-hydrogen) atoms. The molecule has 0 radical (unpaired) electrons. The zero-order valence-electron chi connectivity index (χ0n) is 11.2. The molecule has 1 nitrogen and oxygen atoms in total. The van der Waals surface area contributed by atoms with E-state index in [-0.39, 0.29) is 0 Å². The summed E-state index contributed by atoms with van der Waals surface area (Å²) in [6, 6.07) is 19.7. The van der Waals surface area contributed by atoms with Gasteiger partial charge in [0.05, 0.1) is 0 Å². The average Bonchev–Trinajstić information content (AvgIpc) is 2.41. The van der Waals surface area contributed by atoms with Gasteiger partial charge in [-0.2, -0.15) is 0 Å². The van der Waals surface area contributed by atoms with Crippen LogP contribution in [0.25, 0.3) is 11.1 Å². The molecule has 2 rings (SSSR count). The molecule has 94 valence electrons. The molecule has 0 aliphatic heterocycles. The molecule has 0 amide bonds. The first-order valence-electron chi connectivity index (χ1n) is 6.71. The van der Waals surface area contributed by atoms with Gasteiger partial charge in [0.25, 0.3) is 0 Å². The van der Waals surface area contributed by atoms with E-state index in [2.05, 4.69) is 67.7 Å². The predicted molar refractivity (Wildman–Crippen MR) is 79.9 cm³/mol. The third kappa shape index (κ3) is 3.36. The van der Waals surface area contributed by atoms with E-state index in [0.29, 0.717) is 6.04 Å². The Hall–Kier alpha value is -1.76. The molecule has 0 aliphatic carbocycles. The topological polar surface area (TPSA) is 12.0 Å². The summed E-state index contributed by atoms with van der Waals surface area (Å²) in [4.78, 5) is 0. The maximum atomic E-state index is 3.52. The first kappa shape index (κ1) is 12.7. The molecule has 0 aromatic heterocycles. The highest BCUT2D eigenvalue weighted by Gasteiger charge is 2.01. The van der Waals surface area contributed by atoms with Crippen molar-refractivity contribution in [3.63, 3.8) is 0 Å². The van der Waals surface area contributed by atoms with Crippen molar-refractivity contribution in [3.05, 3.63) is 54.6 Å². The standard InChI is InChI=1S/C17H21N/c1-3-7-14(2)18-17-12-10-16(11-13-17)15-8-5-4-6-9-15/h4-6,8-14,18H,3,7H2,1-2H3. The molecule has 2 aromatic rings. The molecule has 1 unspecified atom stereocenters. The molecular weight excluding hydrogens is 218 g/mol. The molecule has 0 bridgehead atoms. The van der Waals surface area contributed by atoms with Crippen LogP contribution in [0.3, 0.4) is 0 Å². The van der Waals surface area contributed by atoms with Crippen molar-refractivity contribution in [2.24, 2.45) is 0 Å². The highest BCUT2D eigenvalue weighted by atomic mass is 14.9. The lowest BCUT2D eigenvalue weighted by Gasteiger charge is -2.14. The summed E-state index contributed by atoms with van der Waals surface area (Å²) in [7, 11) is 0. The molecule has 0 aliphatic rings. The Bertz CT molecular complexity index is 459. The Kier molecular flexibility index (Phi) is 4.40. The molecule has 0 spiro atoms. The third-order valence-electron chi connectivity index (χ3n) is 3.13. The molecule has 1 atom stereocenters. The Morgan fingerprint density at radius 2 is 1.50 bits per heavy atom. The van der Waals surface area contributed by atoms with Gasteiger partial charge in [-0.3, -0.25) is 0 Å². The minimum absolute atomic E-state index is 0.539. The SMILES string of the molecule is CCCC(C)Nc1ccc(-c2ccccc2)cc1. The van der Waals surface area contributed by atoms with Crippen LogP contribution in [0.2, 0.25) is 0 Å². The van der Waals surface area contributed by atoms with Crippen LogP contribution in [0, 0.1) is 0 Å². The average molecular weight is 239 g/mol. The summed E-state index contributed by atoms with van der Waals surface area (Å²) in [6.45, 7) is 4.45. The van der Waals surface area contributed by atoms with Gasteiger partial charge in [-0.25, -0.2) is 0 Å². The van der Waals surface area contributed by atoms with E-state index in [0.717, 1.165) is 0 Å². The van der Waals surface area contributed by atoms with E-state index in [1.165, 1.54) is 29.7 Å². The summed E-state index contributed by atoms with van der Waals surface area (Å²) in [6.07, 6.45) is 2.43. The molecule has 0 saturated heterocycles. The summed E-state index contributed by atoms with van der Waals surface area (Å²) in [5, 5.41) is 3.52. The number of anilines is 1. The van der Waals surface area contributed by atoms with Crippen LogP contribution in [0.4, 0.5) is 5.69 Å². The van der Waals surface area contributed by atoms with Crippen LogP contribution in [-0.4, -0.2) is 6.04 Å². The Morgan fingerprint density at radius 1 is 0.889 bits per heavy atom. The van der Waals surface area contributed by atoms with Crippen molar-refractivity contribution >= 4 is 5.69 Å². The molecule has 2 aromatic carbocycles. The van der Waals surface area contributed by atoms with Crippen molar-refractivity contribution in [3.8, 4) is 11.1 Å². The Balaban J connectivity index is 2.06. The van der Waals surface area contributed by atoms with E-state index < -0.39 is 0 Å². The first-order chi connectivity index (χ1) is 8.79. The summed E-state index contributed by atoms with van der Waals surface area (Å²) in [5.41, 5.74) is 3.74. The maximum absolute atomic E-state index is 3.52. The zero-order valence-corrected chi connectivity index (χ0v) is 11.2. The third-order valence-corrected chi connectivity index (χ3v) is 3.13. The van der Waals surface area contributed by atoms with Crippen molar-refractivity contribution < 1.29 is 0 Å². The second kappa shape index (κ2) is 6.25. The van der Waals surface area contributed by atoms with Gasteiger partial charge < -0.3 is 5.32 Å². The van der Waals surface area contributed by atoms with Gasteiger partial charge in [-0.1, -0.05) is 55.8 Å². The maximum Gasteiger partial charge on any atom is 0.0342 e. The van der Waals surface area contributed by atoms with Gasteiger partial charge in [-0.05, 0) is 36.6 Å². The fraction of sp³-hybridized carbons (Fsp3) is 0.294. The molecule has 0 saturated carbocycles. The Labute approximate surface area is 110 Å². The van der Waals surface area contributed by atoms with Crippen molar-refractivity contribution in [1.82, 2.24) is 0 Å². The van der Waals surface area contributed by atoms with Crippen LogP contribution in [0.15, 0.2) is 54.6 Å². The van der Waals surface area contributed by atoms with Gasteiger partial charge in [0.1, 0.15) is 0 Å². The van der Waals surface area contributed by atoms with Crippen molar-refractivity contribution in [2.75, 3.05) is 5.32 Å². The quantitative estimate of drug-likeness (QED) is 0.778. The fourth-order valence-corrected chi connectivity index (χ4v) is 2.18. The van der Waals surface area contributed by atoms with E-state index in [1.54, 1.807) is 0 Å². The van der Waals surface area contributed by atoms with E-state index in [1.807, 2.05) is 6.07 Å². The summed E-state index contributed by atoms with van der Waals surface area (Å²) in [5.74, 6) is 0. The molecule has 1 heteroatoms. The Morgan fingerprint density at radius 3 is 2.11 bits per heavy atom. The highest BCUT2D eigenvalue weighted by molar-refractivity contribution is 5.65. The van der Waals surface area contributed by atoms with Crippen LogP contribution in [-0.2, 0) is 0 Å². The summed E-state index contributed by atoms with van der Waals surface area (Å²) < 4.78 is 0. The fourth-order valence-electron chi connectivity index (χ4n) is 2.18. The second-order valence-corrected chi connectivity index (χ2v) is 4.78. The van der Waals surface area contributed by atoms with Crippen LogP contribution in [0.1, 0.15) is 26.7 Å². The van der Waals surface area contributed by atoms with Crippen molar-refractivity contribution in [1.29, 1.82) is 0 Å². The molecular formula is C17H21N. The van der Waals surface area contributed by atoms with Gasteiger partial charge in [0.15, 0.2) is 0 Å². The lowest BCUT2D eigenvalue weighted by molar-refractivity contribution is 0.690.